The quantitative estimate of drug-likeness (QED) is 0.925. The van der Waals surface area contributed by atoms with Gasteiger partial charge in [-0.1, -0.05) is 29.3 Å². The highest BCUT2D eigenvalue weighted by Gasteiger charge is 2.27. The lowest BCUT2D eigenvalue weighted by Gasteiger charge is -2.11. The normalized spacial score (nSPS) is 13.4. The molecule has 1 atom stereocenters. The Hall–Kier alpha value is -1.24. The molecule has 0 radical (unpaired) electrons. The standard InChI is InChI=1S/C13H15Cl2N3O2S/c1-7(21(3,19)20)12-11(13(16)18(2)17-12)9-5-4-8(14)6-10(9)15/h4-7H,16H2,1-3H3. The molecule has 0 spiro atoms. The topological polar surface area (TPSA) is 78.0 Å². The Balaban J connectivity index is 2.74. The molecule has 0 saturated heterocycles. The largest absolute Gasteiger partial charge is 0.383 e. The first kappa shape index (κ1) is 16.1. The average Bonchev–Trinajstić information content (AvgIpc) is 2.64. The van der Waals surface area contributed by atoms with Gasteiger partial charge in [-0.25, -0.2) is 8.42 Å². The lowest BCUT2D eigenvalue weighted by molar-refractivity contribution is 0.589. The van der Waals surface area contributed by atoms with E-state index < -0.39 is 15.1 Å². The molecule has 5 nitrogen and oxygen atoms in total. The first-order valence-corrected chi connectivity index (χ1v) is 8.80. The molecule has 21 heavy (non-hydrogen) atoms. The summed E-state index contributed by atoms with van der Waals surface area (Å²) in [5, 5.41) is 4.33. The van der Waals surface area contributed by atoms with Crippen molar-refractivity contribution in [1.82, 2.24) is 9.78 Å². The minimum atomic E-state index is -3.31. The van der Waals surface area contributed by atoms with Crippen LogP contribution < -0.4 is 5.73 Å². The van der Waals surface area contributed by atoms with E-state index in [1.807, 2.05) is 0 Å². The summed E-state index contributed by atoms with van der Waals surface area (Å²) in [6.07, 6.45) is 1.16. The Morgan fingerprint density at radius 2 is 1.95 bits per heavy atom. The first-order chi connectivity index (χ1) is 9.62. The molecule has 1 heterocycles. The highest BCUT2D eigenvalue weighted by molar-refractivity contribution is 7.90. The smallest absolute Gasteiger partial charge is 0.155 e. The summed E-state index contributed by atoms with van der Waals surface area (Å²) in [4.78, 5) is 0. The lowest BCUT2D eigenvalue weighted by Crippen LogP contribution is -2.09. The molecule has 0 aliphatic rings. The molecular formula is C13H15Cl2N3O2S. The molecular weight excluding hydrogens is 333 g/mol. The van der Waals surface area contributed by atoms with Crippen LogP contribution in [0.4, 0.5) is 5.82 Å². The van der Waals surface area contributed by atoms with Gasteiger partial charge in [0.15, 0.2) is 9.84 Å². The molecule has 0 fully saturated rings. The Morgan fingerprint density at radius 1 is 1.33 bits per heavy atom. The fourth-order valence-electron chi connectivity index (χ4n) is 2.01. The van der Waals surface area contributed by atoms with Crippen LogP contribution in [-0.4, -0.2) is 24.5 Å². The van der Waals surface area contributed by atoms with Crippen LogP contribution in [0.3, 0.4) is 0 Å². The van der Waals surface area contributed by atoms with Gasteiger partial charge in [-0.2, -0.15) is 5.10 Å². The van der Waals surface area contributed by atoms with Crippen molar-refractivity contribution in [1.29, 1.82) is 0 Å². The van der Waals surface area contributed by atoms with Gasteiger partial charge in [0.25, 0.3) is 0 Å². The molecule has 1 aromatic carbocycles. The van der Waals surface area contributed by atoms with Gasteiger partial charge >= 0.3 is 0 Å². The Kier molecular flexibility index (Phi) is 4.24. The maximum Gasteiger partial charge on any atom is 0.155 e. The number of hydrogen-bond acceptors (Lipinski definition) is 4. The molecule has 0 bridgehead atoms. The van der Waals surface area contributed by atoms with E-state index in [-0.39, 0.29) is 0 Å². The number of nitrogens with two attached hydrogens (primary N) is 1. The maximum absolute atomic E-state index is 11.8. The number of aryl methyl sites for hydroxylation is 1. The molecule has 8 heteroatoms. The second kappa shape index (κ2) is 5.51. The van der Waals surface area contributed by atoms with E-state index in [9.17, 15) is 8.42 Å². The minimum absolute atomic E-state index is 0.352. The van der Waals surface area contributed by atoms with Crippen molar-refractivity contribution >= 4 is 38.9 Å². The van der Waals surface area contributed by atoms with Crippen LogP contribution in [0.25, 0.3) is 11.1 Å². The predicted molar refractivity (Wildman–Crippen MR) is 86.3 cm³/mol. The molecule has 0 amide bonds. The predicted octanol–water partition coefficient (Wildman–Crippen LogP) is 3.08. The fraction of sp³-hybridized carbons (Fsp3) is 0.308. The van der Waals surface area contributed by atoms with Crippen LogP contribution >= 0.6 is 23.2 Å². The van der Waals surface area contributed by atoms with E-state index >= 15 is 0 Å². The van der Waals surface area contributed by atoms with Crippen LogP contribution in [0, 0.1) is 0 Å². The number of nitrogen functional groups attached to an aromatic ring is 1. The molecule has 0 aliphatic carbocycles. The zero-order chi connectivity index (χ0) is 15.9. The van der Waals surface area contributed by atoms with Crippen LogP contribution in [0.5, 0.6) is 0 Å². The van der Waals surface area contributed by atoms with E-state index in [2.05, 4.69) is 5.10 Å². The van der Waals surface area contributed by atoms with Crippen molar-refractivity contribution in [2.45, 2.75) is 12.2 Å². The van der Waals surface area contributed by atoms with E-state index in [0.29, 0.717) is 32.7 Å². The Labute approximate surface area is 133 Å². The summed E-state index contributed by atoms with van der Waals surface area (Å²) in [5.74, 6) is 0.352. The van der Waals surface area contributed by atoms with E-state index in [1.54, 1.807) is 32.2 Å². The third-order valence-electron chi connectivity index (χ3n) is 3.35. The van der Waals surface area contributed by atoms with Crippen LogP contribution in [-0.2, 0) is 16.9 Å². The first-order valence-electron chi connectivity index (χ1n) is 6.09. The lowest BCUT2D eigenvalue weighted by atomic mass is 10.0. The number of nitrogens with zero attached hydrogens (tertiary/aromatic N) is 2. The zero-order valence-corrected chi connectivity index (χ0v) is 14.1. The van der Waals surface area contributed by atoms with Gasteiger partial charge in [0.1, 0.15) is 11.1 Å². The van der Waals surface area contributed by atoms with Gasteiger partial charge in [0, 0.05) is 29.5 Å². The van der Waals surface area contributed by atoms with E-state index in [0.717, 1.165) is 6.26 Å². The summed E-state index contributed by atoms with van der Waals surface area (Å²) >= 11 is 12.1. The average molecular weight is 348 g/mol. The van der Waals surface area contributed by atoms with Gasteiger partial charge in [-0.3, -0.25) is 4.68 Å². The van der Waals surface area contributed by atoms with Crippen LogP contribution in [0.1, 0.15) is 17.9 Å². The van der Waals surface area contributed by atoms with Crippen molar-refractivity contribution in [3.63, 3.8) is 0 Å². The number of anilines is 1. The van der Waals surface area contributed by atoms with Crippen molar-refractivity contribution < 1.29 is 8.42 Å². The number of sulfone groups is 1. The highest BCUT2D eigenvalue weighted by atomic mass is 35.5. The third kappa shape index (κ3) is 3.02. The Bertz CT molecular complexity index is 800. The van der Waals surface area contributed by atoms with Gasteiger partial charge in [-0.15, -0.1) is 0 Å². The highest BCUT2D eigenvalue weighted by Crippen LogP contribution is 2.39. The van der Waals surface area contributed by atoms with Crippen molar-refractivity contribution in [2.75, 3.05) is 12.0 Å². The van der Waals surface area contributed by atoms with Gasteiger partial charge < -0.3 is 5.73 Å². The summed E-state index contributed by atoms with van der Waals surface area (Å²) in [5.41, 5.74) is 7.55. The summed E-state index contributed by atoms with van der Waals surface area (Å²) < 4.78 is 25.1. The molecule has 2 aromatic rings. The number of rotatable bonds is 3. The van der Waals surface area contributed by atoms with Crippen molar-refractivity contribution in [3.8, 4) is 11.1 Å². The third-order valence-corrected chi connectivity index (χ3v) is 5.40. The van der Waals surface area contributed by atoms with Crippen molar-refractivity contribution in [3.05, 3.63) is 33.9 Å². The second-order valence-corrected chi connectivity index (χ2v) is 8.07. The molecule has 0 aliphatic heterocycles. The molecule has 2 N–H and O–H groups in total. The number of benzene rings is 1. The van der Waals surface area contributed by atoms with Gasteiger partial charge in [0.05, 0.1) is 10.7 Å². The molecule has 1 aromatic heterocycles. The number of aromatic nitrogens is 2. The molecule has 1 unspecified atom stereocenters. The van der Waals surface area contributed by atoms with Crippen LogP contribution in [0.2, 0.25) is 10.0 Å². The second-order valence-electron chi connectivity index (χ2n) is 4.87. The molecule has 2 rings (SSSR count). The minimum Gasteiger partial charge on any atom is -0.383 e. The van der Waals surface area contributed by atoms with Gasteiger partial charge in [-0.05, 0) is 19.1 Å². The summed E-state index contributed by atoms with van der Waals surface area (Å²) in [7, 11) is -1.66. The molecule has 114 valence electrons. The Morgan fingerprint density at radius 3 is 2.48 bits per heavy atom. The van der Waals surface area contributed by atoms with Crippen molar-refractivity contribution in [2.24, 2.45) is 7.05 Å². The SMILES string of the molecule is CC(c1nn(C)c(N)c1-c1ccc(Cl)cc1Cl)S(C)(=O)=O. The van der Waals surface area contributed by atoms with E-state index in [4.69, 9.17) is 28.9 Å². The van der Waals surface area contributed by atoms with E-state index in [1.165, 1.54) is 4.68 Å². The van der Waals surface area contributed by atoms with Crippen LogP contribution in [0.15, 0.2) is 18.2 Å². The summed E-state index contributed by atoms with van der Waals surface area (Å²) in [6.45, 7) is 1.57. The van der Waals surface area contributed by atoms with Gasteiger partial charge in [0.2, 0.25) is 0 Å². The monoisotopic (exact) mass is 347 g/mol. The fourth-order valence-corrected chi connectivity index (χ4v) is 3.09. The number of halogens is 2. The molecule has 0 saturated carbocycles. The zero-order valence-electron chi connectivity index (χ0n) is 11.8. The number of hydrogen-bond donors (Lipinski definition) is 1. The summed E-state index contributed by atoms with van der Waals surface area (Å²) in [6, 6.07) is 4.96. The maximum atomic E-state index is 11.8.